The number of methoxy groups -OCH3 is 1. The number of H-pyrrole nitrogens is 1. The first kappa shape index (κ1) is 15.7. The number of hydrogen-bond donors (Lipinski definition) is 3. The fourth-order valence-corrected chi connectivity index (χ4v) is 3.57. The number of carbonyl (C=O) groups excluding carboxylic acids is 2. The van der Waals surface area contributed by atoms with E-state index in [4.69, 9.17) is 19.8 Å². The van der Waals surface area contributed by atoms with Gasteiger partial charge >= 0.3 is 6.18 Å². The van der Waals surface area contributed by atoms with Crippen molar-refractivity contribution < 1.29 is 47.0 Å². The van der Waals surface area contributed by atoms with Crippen molar-refractivity contribution in [3.8, 4) is 17.0 Å². The summed E-state index contributed by atoms with van der Waals surface area (Å²) in [5.41, 5.74) is -3.07. The Morgan fingerprint density at radius 1 is 1.16 bits per heavy atom. The number of benzene rings is 2. The van der Waals surface area contributed by atoms with Crippen molar-refractivity contribution in [3.05, 3.63) is 76.9 Å². The molecular formula is C26H23F4N5O3. The molecule has 0 bridgehead atoms. The predicted molar refractivity (Wildman–Crippen MR) is 131 cm³/mol. The van der Waals surface area contributed by atoms with Gasteiger partial charge in [0.05, 0.1) is 28.3 Å². The molecule has 8 nitrogen and oxygen atoms in total. The first-order valence-electron chi connectivity index (χ1n) is 16.0. The highest BCUT2D eigenvalue weighted by Crippen LogP contribution is 2.32. The van der Waals surface area contributed by atoms with E-state index in [0.29, 0.717) is 12.1 Å². The summed E-state index contributed by atoms with van der Waals surface area (Å²) in [4.78, 5) is 30.0. The lowest BCUT2D eigenvalue weighted by Gasteiger charge is -2.18. The average molecular weight is 541 g/mol. The van der Waals surface area contributed by atoms with E-state index in [-0.39, 0.29) is 33.8 Å². The fourth-order valence-electron chi connectivity index (χ4n) is 3.57. The maximum atomic E-state index is 14.7. The zero-order chi connectivity index (χ0) is 36.9. The standard InChI is InChI=1S/C26H23F4N5O3/c1-4-31-24(37)22-17-7-5-14(10-21(17)34-35-22)15-9-19(25(38-3)32-12-15)23(36)33-13(2)18-11-16(26(28,29)30)6-8-20(18)27/h5-13H,4H2,1-3H3,(H,31,37)(H,33,36)(H,34,35)/t13-/m0/s1/i1D3,2D3,3D3,4D2. The molecule has 0 saturated carbocycles. The van der Waals surface area contributed by atoms with Crippen molar-refractivity contribution >= 4 is 22.7 Å². The van der Waals surface area contributed by atoms with Gasteiger partial charge in [-0.1, -0.05) is 6.07 Å². The number of aromatic nitrogens is 3. The molecule has 4 rings (SSSR count). The van der Waals surface area contributed by atoms with Gasteiger partial charge < -0.3 is 15.4 Å². The van der Waals surface area contributed by atoms with Crippen LogP contribution in [-0.4, -0.2) is 40.5 Å². The Kier molecular flexibility index (Phi) is 4.33. The van der Waals surface area contributed by atoms with Crippen LogP contribution in [-0.2, 0) is 6.18 Å². The zero-order valence-corrected chi connectivity index (χ0v) is 18.8. The van der Waals surface area contributed by atoms with Crippen LogP contribution in [0.5, 0.6) is 5.88 Å². The van der Waals surface area contributed by atoms with Gasteiger partial charge in [-0.2, -0.15) is 18.3 Å². The lowest BCUT2D eigenvalue weighted by molar-refractivity contribution is -0.137. The maximum absolute atomic E-state index is 14.7. The Labute approximate surface area is 229 Å². The van der Waals surface area contributed by atoms with Gasteiger partial charge in [0.1, 0.15) is 11.4 Å². The number of aromatic amines is 1. The quantitative estimate of drug-likeness (QED) is 0.285. The molecule has 0 spiro atoms. The summed E-state index contributed by atoms with van der Waals surface area (Å²) in [6.07, 6.45) is -3.93. The van der Waals surface area contributed by atoms with Crippen LogP contribution in [0.25, 0.3) is 22.0 Å². The smallest absolute Gasteiger partial charge is 0.416 e. The van der Waals surface area contributed by atoms with Crippen LogP contribution in [0.1, 0.15) is 66.8 Å². The van der Waals surface area contributed by atoms with Gasteiger partial charge in [-0.05, 0) is 55.7 Å². The SMILES string of the molecule is [2H]C([2H])([2H])Oc1ncc(-c2ccc3c(C(=O)NC([2H])([2H])C([2H])([2H])[2H])n[nH]c3c2)cc1C(=O)N[C@H](c1cc(C(F)(F)F)ccc1F)C([2H])([2H])[2H]. The molecule has 0 aliphatic carbocycles. The summed E-state index contributed by atoms with van der Waals surface area (Å²) in [7, 11) is -3.18. The van der Waals surface area contributed by atoms with E-state index in [2.05, 4.69) is 15.2 Å². The van der Waals surface area contributed by atoms with Gasteiger partial charge in [0.25, 0.3) is 11.8 Å². The molecule has 2 aromatic heterocycles. The molecule has 0 fully saturated rings. The third kappa shape index (κ3) is 5.29. The summed E-state index contributed by atoms with van der Waals surface area (Å²) in [5.74, 6) is -4.78. The van der Waals surface area contributed by atoms with Gasteiger partial charge in [0.15, 0.2) is 5.69 Å². The zero-order valence-electron chi connectivity index (χ0n) is 29.8. The number of nitrogens with one attached hydrogen (secondary N) is 3. The molecule has 38 heavy (non-hydrogen) atoms. The summed E-state index contributed by atoms with van der Waals surface area (Å²) in [6, 6.07) is 3.71. The molecule has 0 radical (unpaired) electrons. The normalized spacial score (nSPS) is 17.9. The molecule has 2 heterocycles. The van der Waals surface area contributed by atoms with Crippen LogP contribution in [0.15, 0.2) is 48.7 Å². The van der Waals surface area contributed by atoms with E-state index in [9.17, 15) is 27.2 Å². The summed E-state index contributed by atoms with van der Waals surface area (Å²) < 4.78 is 142. The summed E-state index contributed by atoms with van der Waals surface area (Å²) in [5, 5.41) is 10.1. The van der Waals surface area contributed by atoms with Crippen LogP contribution in [0, 0.1) is 5.82 Å². The van der Waals surface area contributed by atoms with E-state index < -0.39 is 79.7 Å². The average Bonchev–Trinajstić information content (AvgIpc) is 3.37. The number of pyridine rings is 1. The van der Waals surface area contributed by atoms with Crippen molar-refractivity contribution in [1.82, 2.24) is 25.8 Å². The monoisotopic (exact) mass is 540 g/mol. The topological polar surface area (TPSA) is 109 Å². The minimum atomic E-state index is -4.99. The van der Waals surface area contributed by atoms with Crippen molar-refractivity contribution in [2.24, 2.45) is 0 Å². The third-order valence-electron chi connectivity index (χ3n) is 5.39. The van der Waals surface area contributed by atoms with Gasteiger partial charge in [-0.25, -0.2) is 9.37 Å². The number of halogens is 4. The summed E-state index contributed by atoms with van der Waals surface area (Å²) >= 11 is 0. The number of nitrogens with zero attached hydrogens (tertiary/aromatic N) is 2. The van der Waals surface area contributed by atoms with Crippen LogP contribution in [0.3, 0.4) is 0 Å². The second-order valence-electron chi connectivity index (χ2n) is 7.73. The van der Waals surface area contributed by atoms with Crippen molar-refractivity contribution in [2.75, 3.05) is 13.5 Å². The largest absolute Gasteiger partial charge is 0.480 e. The van der Waals surface area contributed by atoms with E-state index >= 15 is 0 Å². The molecule has 3 N–H and O–H groups in total. The number of alkyl halides is 3. The highest BCUT2D eigenvalue weighted by Gasteiger charge is 2.32. The first-order valence-corrected chi connectivity index (χ1v) is 10.5. The van der Waals surface area contributed by atoms with Crippen LogP contribution >= 0.6 is 0 Å². The van der Waals surface area contributed by atoms with Crippen molar-refractivity contribution in [3.63, 3.8) is 0 Å². The van der Waals surface area contributed by atoms with E-state index in [1.807, 2.05) is 5.32 Å². The molecule has 0 saturated heterocycles. The minimum Gasteiger partial charge on any atom is -0.480 e. The molecule has 2 amide bonds. The highest BCUT2D eigenvalue weighted by atomic mass is 19.4. The number of hydrogen-bond acceptors (Lipinski definition) is 5. The fraction of sp³-hybridized carbons (Fsp3) is 0.231. The van der Waals surface area contributed by atoms with Crippen LogP contribution in [0.2, 0.25) is 0 Å². The predicted octanol–water partition coefficient (Wildman–Crippen LogP) is 5.03. The molecular weight excluding hydrogens is 506 g/mol. The molecule has 2 aromatic carbocycles. The van der Waals surface area contributed by atoms with E-state index in [1.165, 1.54) is 18.2 Å². The second-order valence-corrected chi connectivity index (χ2v) is 7.73. The molecule has 0 aliphatic rings. The van der Waals surface area contributed by atoms with E-state index in [0.717, 1.165) is 12.3 Å². The number of rotatable bonds is 7. The Bertz CT molecular complexity index is 1910. The third-order valence-corrected chi connectivity index (χ3v) is 5.39. The molecule has 12 heteroatoms. The van der Waals surface area contributed by atoms with Crippen molar-refractivity contribution in [2.45, 2.75) is 25.9 Å². The highest BCUT2D eigenvalue weighted by molar-refractivity contribution is 6.05. The molecule has 1 atom stereocenters. The second kappa shape index (κ2) is 10.5. The first-order chi connectivity index (χ1) is 22.3. The lowest BCUT2D eigenvalue weighted by Crippen LogP contribution is -2.28. The van der Waals surface area contributed by atoms with Crippen LogP contribution < -0.4 is 15.4 Å². The van der Waals surface area contributed by atoms with E-state index in [1.54, 1.807) is 5.32 Å². The number of amides is 2. The Morgan fingerprint density at radius 2 is 2.00 bits per heavy atom. The van der Waals surface area contributed by atoms with Gasteiger partial charge in [-0.15, -0.1) is 0 Å². The number of ether oxygens (including phenoxy) is 1. The molecule has 4 aromatic rings. The van der Waals surface area contributed by atoms with Gasteiger partial charge in [0.2, 0.25) is 5.88 Å². The number of fused-ring (bicyclic) bond motifs is 1. The Morgan fingerprint density at radius 3 is 2.74 bits per heavy atom. The maximum Gasteiger partial charge on any atom is 0.416 e. The Balaban J connectivity index is 1.75. The van der Waals surface area contributed by atoms with Crippen molar-refractivity contribution in [1.29, 1.82) is 0 Å². The minimum absolute atomic E-state index is 0.0555. The molecule has 0 unspecified atom stereocenters. The molecule has 0 aliphatic heterocycles. The van der Waals surface area contributed by atoms with Gasteiger partial charge in [0, 0.05) is 40.2 Å². The Hall–Kier alpha value is -4.48. The lowest BCUT2D eigenvalue weighted by atomic mass is 10.0. The summed E-state index contributed by atoms with van der Waals surface area (Å²) in [6.45, 7) is -9.60. The molecule has 198 valence electrons. The number of carbonyl (C=O) groups is 2. The van der Waals surface area contributed by atoms with Gasteiger partial charge in [-0.3, -0.25) is 14.7 Å². The van der Waals surface area contributed by atoms with Crippen LogP contribution in [0.4, 0.5) is 17.6 Å².